The summed E-state index contributed by atoms with van der Waals surface area (Å²) >= 11 is 0. The van der Waals surface area contributed by atoms with Crippen LogP contribution in [0.2, 0.25) is 0 Å². The van der Waals surface area contributed by atoms with Crippen LogP contribution in [0.15, 0.2) is 72.8 Å². The first-order valence-electron chi connectivity index (χ1n) is 6.38. The van der Waals surface area contributed by atoms with Gasteiger partial charge in [0.15, 0.2) is 0 Å². The summed E-state index contributed by atoms with van der Waals surface area (Å²) in [6.45, 7) is 3.66. The minimum absolute atomic E-state index is 0. The molecular formula is C20H24Zr. The summed E-state index contributed by atoms with van der Waals surface area (Å²) in [6.07, 6.45) is 12.6. The third kappa shape index (κ3) is 7.48. The average Bonchev–Trinajstić information content (AvgIpc) is 3.08. The van der Waals surface area contributed by atoms with Gasteiger partial charge in [0.2, 0.25) is 0 Å². The van der Waals surface area contributed by atoms with E-state index in [1.165, 1.54) is 16.3 Å². The monoisotopic (exact) mass is 354 g/mol. The number of rotatable bonds is 3. The zero-order valence-corrected chi connectivity index (χ0v) is 15.6. The van der Waals surface area contributed by atoms with Crippen molar-refractivity contribution < 1.29 is 26.2 Å². The fraction of sp³-hybridized carbons (Fsp3) is 0.150. The Hall–Kier alpha value is -1.07. The first-order chi connectivity index (χ1) is 8.90. The van der Waals surface area contributed by atoms with Crippen LogP contribution in [0.25, 0.3) is 10.8 Å². The second-order valence-corrected chi connectivity index (χ2v) is 4.34. The smallest absolute Gasteiger partial charge is 0.358 e. The molecule has 2 aromatic carbocycles. The number of benzene rings is 1. The number of allylic oxidation sites excluding steroid dienone is 5. The Labute approximate surface area is 149 Å². The zero-order valence-electron chi connectivity index (χ0n) is 13.1. The topological polar surface area (TPSA) is 0 Å². The van der Waals surface area contributed by atoms with E-state index in [4.69, 9.17) is 0 Å². The van der Waals surface area contributed by atoms with E-state index >= 15 is 0 Å². The summed E-state index contributed by atoms with van der Waals surface area (Å²) in [6, 6.07) is 14.7. The molecule has 0 radical (unpaired) electrons. The molecule has 1 aliphatic rings. The van der Waals surface area contributed by atoms with Crippen molar-refractivity contribution in [3.63, 3.8) is 0 Å². The molecule has 0 spiro atoms. The molecule has 0 heterocycles. The molecule has 0 bridgehead atoms. The van der Waals surface area contributed by atoms with Crippen molar-refractivity contribution in [2.45, 2.75) is 19.3 Å². The predicted molar refractivity (Wildman–Crippen MR) is 92.3 cm³/mol. The molecule has 0 amide bonds. The zero-order chi connectivity index (χ0) is 12.6. The van der Waals surface area contributed by atoms with E-state index in [9.17, 15) is 0 Å². The Kier molecular flexibility index (Phi) is 13.4. The van der Waals surface area contributed by atoms with Crippen LogP contribution >= 0.6 is 0 Å². The van der Waals surface area contributed by atoms with Crippen LogP contribution in [0.4, 0.5) is 0 Å². The Bertz CT molecular complexity index is 528. The first-order valence-corrected chi connectivity index (χ1v) is 6.38. The quantitative estimate of drug-likeness (QED) is 0.461. The number of hydrogen-bond acceptors (Lipinski definition) is 0. The maximum absolute atomic E-state index is 3.66. The minimum Gasteiger partial charge on any atom is -0.358 e. The van der Waals surface area contributed by atoms with Crippen molar-refractivity contribution >= 4 is 10.8 Å². The van der Waals surface area contributed by atoms with E-state index in [1.807, 2.05) is 12.2 Å². The van der Waals surface area contributed by atoms with Gasteiger partial charge < -0.3 is 14.9 Å². The molecule has 0 aromatic heterocycles. The molecule has 3 rings (SSSR count). The van der Waals surface area contributed by atoms with Gasteiger partial charge in [0.25, 0.3) is 0 Å². The van der Waals surface area contributed by atoms with Crippen LogP contribution in [0.1, 0.15) is 19.3 Å². The van der Waals surface area contributed by atoms with Crippen molar-refractivity contribution in [2.75, 3.05) is 0 Å². The van der Waals surface area contributed by atoms with Gasteiger partial charge >= 0.3 is 26.2 Å². The molecule has 0 fully saturated rings. The number of hydrogen-bond donors (Lipinski definition) is 0. The summed E-state index contributed by atoms with van der Waals surface area (Å²) < 4.78 is 0. The third-order valence-electron chi connectivity index (χ3n) is 2.97. The van der Waals surface area contributed by atoms with Crippen molar-refractivity contribution in [1.82, 2.24) is 0 Å². The second-order valence-electron chi connectivity index (χ2n) is 4.34. The Morgan fingerprint density at radius 1 is 1.19 bits per heavy atom. The molecule has 1 aliphatic carbocycles. The molecule has 2 aromatic rings. The molecule has 0 unspecified atom stereocenters. The fourth-order valence-electron chi connectivity index (χ4n) is 1.96. The minimum atomic E-state index is 0. The fourth-order valence-corrected chi connectivity index (χ4v) is 1.96. The SMILES string of the molecule is C=CCCC1=[C-]C=CC1.[CH3-].[CH3-].[Zr+4].c1ccc2[cH-]ccc2c1. The summed E-state index contributed by atoms with van der Waals surface area (Å²) in [5, 5.41) is 2.66. The van der Waals surface area contributed by atoms with E-state index in [0.29, 0.717) is 0 Å². The molecule has 1 heteroatoms. The van der Waals surface area contributed by atoms with E-state index in [-0.39, 0.29) is 41.1 Å². The van der Waals surface area contributed by atoms with Crippen LogP contribution in [0.5, 0.6) is 0 Å². The van der Waals surface area contributed by atoms with Gasteiger partial charge in [0, 0.05) is 0 Å². The standard InChI is InChI=1S/C9H7.C9H11.2CH3.Zr/c1-2-5-9-7-3-6-8(9)4-1;1-2-3-6-9-7-4-5-8-9;;;/h1-7H;2,4-5H,1,3,6-7H2;2*1H3;/q4*-1;+4. The van der Waals surface area contributed by atoms with E-state index < -0.39 is 0 Å². The molecule has 0 nitrogen and oxygen atoms in total. The Morgan fingerprint density at radius 3 is 2.57 bits per heavy atom. The molecular weight excluding hydrogens is 331 g/mol. The normalized spacial score (nSPS) is 11.1. The van der Waals surface area contributed by atoms with Gasteiger partial charge in [0.1, 0.15) is 0 Å². The van der Waals surface area contributed by atoms with E-state index in [0.717, 1.165) is 19.3 Å². The van der Waals surface area contributed by atoms with Gasteiger partial charge in [-0.1, -0.05) is 18.6 Å². The molecule has 0 saturated heterocycles. The number of fused-ring (bicyclic) bond motifs is 1. The van der Waals surface area contributed by atoms with Crippen LogP contribution in [0, 0.1) is 20.9 Å². The van der Waals surface area contributed by atoms with Gasteiger partial charge in [0.05, 0.1) is 0 Å². The average molecular weight is 356 g/mol. The summed E-state index contributed by atoms with van der Waals surface area (Å²) in [7, 11) is 0. The van der Waals surface area contributed by atoms with Crippen molar-refractivity contribution in [3.8, 4) is 0 Å². The predicted octanol–water partition coefficient (Wildman–Crippen LogP) is 6.10. The van der Waals surface area contributed by atoms with Gasteiger partial charge in [-0.05, 0) is 12.8 Å². The van der Waals surface area contributed by atoms with Crippen LogP contribution in [-0.4, -0.2) is 0 Å². The summed E-state index contributed by atoms with van der Waals surface area (Å²) in [5.74, 6) is 0. The van der Waals surface area contributed by atoms with Gasteiger partial charge in [-0.3, -0.25) is 6.08 Å². The van der Waals surface area contributed by atoms with Crippen LogP contribution in [0.3, 0.4) is 0 Å². The van der Waals surface area contributed by atoms with Crippen molar-refractivity contribution in [2.24, 2.45) is 0 Å². The van der Waals surface area contributed by atoms with E-state index in [2.05, 4.69) is 61.2 Å². The molecule has 0 N–H and O–H groups in total. The molecule has 0 aliphatic heterocycles. The maximum Gasteiger partial charge on any atom is 4.00 e. The third-order valence-corrected chi connectivity index (χ3v) is 2.97. The molecule has 0 atom stereocenters. The summed E-state index contributed by atoms with van der Waals surface area (Å²) in [4.78, 5) is 0. The van der Waals surface area contributed by atoms with Crippen LogP contribution in [-0.2, 0) is 26.2 Å². The molecule has 0 saturated carbocycles. The Morgan fingerprint density at radius 2 is 1.95 bits per heavy atom. The summed E-state index contributed by atoms with van der Waals surface area (Å²) in [5.41, 5.74) is 1.41. The van der Waals surface area contributed by atoms with Crippen molar-refractivity contribution in [1.29, 1.82) is 0 Å². The van der Waals surface area contributed by atoms with Gasteiger partial charge in [-0.25, -0.2) is 12.2 Å². The second kappa shape index (κ2) is 12.7. The van der Waals surface area contributed by atoms with Crippen molar-refractivity contribution in [3.05, 3.63) is 93.8 Å². The largest absolute Gasteiger partial charge is 4.00 e. The Balaban J connectivity index is 0. The van der Waals surface area contributed by atoms with Crippen LogP contribution < -0.4 is 0 Å². The van der Waals surface area contributed by atoms with E-state index in [1.54, 1.807) is 0 Å². The van der Waals surface area contributed by atoms with Gasteiger partial charge in [-0.15, -0.1) is 36.2 Å². The van der Waals surface area contributed by atoms with Gasteiger partial charge in [-0.2, -0.15) is 23.1 Å². The molecule has 21 heavy (non-hydrogen) atoms. The first kappa shape index (κ1) is 22.2. The molecule has 108 valence electrons. The maximum atomic E-state index is 3.66.